The van der Waals surface area contributed by atoms with Crippen molar-refractivity contribution < 1.29 is 0 Å². The monoisotopic (exact) mass is 178 g/mol. The van der Waals surface area contributed by atoms with Gasteiger partial charge < -0.3 is 5.73 Å². The molecule has 13 heavy (non-hydrogen) atoms. The van der Waals surface area contributed by atoms with Crippen LogP contribution in [-0.2, 0) is 0 Å². The predicted octanol–water partition coefficient (Wildman–Crippen LogP) is 3.19. The molecule has 0 bridgehead atoms. The molecule has 0 radical (unpaired) electrons. The lowest BCUT2D eigenvalue weighted by Crippen LogP contribution is -1.87. The number of nitrogens with two attached hydrogens (primary N) is 1. The molecule has 0 saturated carbocycles. The molecule has 0 aliphatic rings. The van der Waals surface area contributed by atoms with Gasteiger partial charge in [0.15, 0.2) is 0 Å². The van der Waals surface area contributed by atoms with E-state index in [2.05, 4.69) is 0 Å². The molecule has 0 aromatic heterocycles. The average Bonchev–Trinajstić information content (AvgIpc) is 2.24. The quantitative estimate of drug-likeness (QED) is 0.620. The average molecular weight is 178 g/mol. The SMILES string of the molecule is CC.CC.N#Cc1ccccc1N. The first-order valence-corrected chi connectivity index (χ1v) is 4.59. The number of hydrogen-bond acceptors (Lipinski definition) is 2. The van der Waals surface area contributed by atoms with Crippen LogP contribution in [0.5, 0.6) is 0 Å². The van der Waals surface area contributed by atoms with Crippen molar-refractivity contribution in [2.75, 3.05) is 5.73 Å². The molecule has 0 fully saturated rings. The molecule has 0 unspecified atom stereocenters. The van der Waals surface area contributed by atoms with Crippen molar-refractivity contribution in [1.29, 1.82) is 5.26 Å². The van der Waals surface area contributed by atoms with Crippen LogP contribution in [0.1, 0.15) is 33.3 Å². The molecule has 72 valence electrons. The van der Waals surface area contributed by atoms with E-state index in [1.807, 2.05) is 33.8 Å². The van der Waals surface area contributed by atoms with Gasteiger partial charge in [-0.1, -0.05) is 39.8 Å². The highest BCUT2D eigenvalue weighted by Gasteiger charge is 1.90. The maximum Gasteiger partial charge on any atom is 0.101 e. The second-order valence-electron chi connectivity index (χ2n) is 1.70. The van der Waals surface area contributed by atoms with E-state index in [4.69, 9.17) is 11.0 Å². The Morgan fingerprint density at radius 1 is 1.08 bits per heavy atom. The largest absolute Gasteiger partial charge is 0.398 e. The minimum Gasteiger partial charge on any atom is -0.398 e. The predicted molar refractivity (Wildman–Crippen MR) is 58.3 cm³/mol. The fourth-order valence-electron chi connectivity index (χ4n) is 0.599. The standard InChI is InChI=1S/C7H6N2.2C2H6/c8-5-6-3-1-2-4-7(6)9;2*1-2/h1-4H,9H2;2*1-2H3. The number of nitrogens with zero attached hydrogens (tertiary/aromatic N) is 1. The normalized spacial score (nSPS) is 6.69. The summed E-state index contributed by atoms with van der Waals surface area (Å²) < 4.78 is 0. The van der Waals surface area contributed by atoms with E-state index >= 15 is 0 Å². The van der Waals surface area contributed by atoms with Gasteiger partial charge in [-0.15, -0.1) is 0 Å². The molecule has 2 N–H and O–H groups in total. The van der Waals surface area contributed by atoms with Gasteiger partial charge in [0.1, 0.15) is 6.07 Å². The van der Waals surface area contributed by atoms with E-state index in [9.17, 15) is 0 Å². The van der Waals surface area contributed by atoms with E-state index < -0.39 is 0 Å². The van der Waals surface area contributed by atoms with Crippen LogP contribution in [0.2, 0.25) is 0 Å². The number of hydrogen-bond donors (Lipinski definition) is 1. The van der Waals surface area contributed by atoms with Gasteiger partial charge in [-0.2, -0.15) is 5.26 Å². The molecule has 0 amide bonds. The number of para-hydroxylation sites is 1. The Morgan fingerprint density at radius 3 is 1.85 bits per heavy atom. The zero-order valence-corrected chi connectivity index (χ0v) is 8.83. The smallest absolute Gasteiger partial charge is 0.101 e. The minimum absolute atomic E-state index is 0.539. The summed E-state index contributed by atoms with van der Waals surface area (Å²) in [4.78, 5) is 0. The maximum absolute atomic E-state index is 8.39. The van der Waals surface area contributed by atoms with Crippen LogP contribution in [0.15, 0.2) is 24.3 Å². The Kier molecular flexibility index (Phi) is 11.4. The van der Waals surface area contributed by atoms with Crippen LogP contribution in [-0.4, -0.2) is 0 Å². The third-order valence-corrected chi connectivity index (χ3v) is 1.08. The second kappa shape index (κ2) is 10.5. The molecule has 0 aliphatic heterocycles. The lowest BCUT2D eigenvalue weighted by Gasteiger charge is -1.91. The minimum atomic E-state index is 0.539. The van der Waals surface area contributed by atoms with Crippen LogP contribution in [0.25, 0.3) is 0 Å². The van der Waals surface area contributed by atoms with Gasteiger partial charge in [0.05, 0.1) is 5.56 Å². The molecule has 0 atom stereocenters. The molecule has 0 spiro atoms. The van der Waals surface area contributed by atoms with Gasteiger partial charge >= 0.3 is 0 Å². The Morgan fingerprint density at radius 2 is 1.54 bits per heavy atom. The summed E-state index contributed by atoms with van der Waals surface area (Å²) in [5.41, 5.74) is 6.49. The Bertz CT molecular complexity index is 249. The summed E-state index contributed by atoms with van der Waals surface area (Å²) in [5, 5.41) is 8.39. The molecule has 1 aromatic carbocycles. The third kappa shape index (κ3) is 5.75. The topological polar surface area (TPSA) is 49.8 Å². The summed E-state index contributed by atoms with van der Waals surface area (Å²) in [6.45, 7) is 8.00. The fourth-order valence-corrected chi connectivity index (χ4v) is 0.599. The van der Waals surface area contributed by atoms with Gasteiger partial charge in [0.2, 0.25) is 0 Å². The molecular weight excluding hydrogens is 160 g/mol. The van der Waals surface area contributed by atoms with E-state index in [-0.39, 0.29) is 0 Å². The van der Waals surface area contributed by atoms with E-state index in [0.29, 0.717) is 11.3 Å². The molecule has 2 nitrogen and oxygen atoms in total. The van der Waals surface area contributed by atoms with E-state index in [0.717, 1.165) is 0 Å². The highest BCUT2D eigenvalue weighted by atomic mass is 14.6. The molecule has 1 aromatic rings. The van der Waals surface area contributed by atoms with Crippen LogP contribution < -0.4 is 5.73 Å². The van der Waals surface area contributed by atoms with Crippen molar-refractivity contribution in [3.05, 3.63) is 29.8 Å². The van der Waals surface area contributed by atoms with E-state index in [1.165, 1.54) is 0 Å². The lowest BCUT2D eigenvalue weighted by molar-refractivity contribution is 1.48. The second-order valence-corrected chi connectivity index (χ2v) is 1.70. The molecule has 0 aliphatic carbocycles. The lowest BCUT2D eigenvalue weighted by atomic mass is 10.2. The Labute approximate surface area is 81.0 Å². The highest BCUT2D eigenvalue weighted by molar-refractivity contribution is 5.53. The van der Waals surface area contributed by atoms with Crippen molar-refractivity contribution in [2.45, 2.75) is 27.7 Å². The van der Waals surface area contributed by atoms with Crippen LogP contribution in [0.3, 0.4) is 0 Å². The van der Waals surface area contributed by atoms with Crippen molar-refractivity contribution >= 4 is 5.69 Å². The van der Waals surface area contributed by atoms with Crippen molar-refractivity contribution in [3.8, 4) is 6.07 Å². The zero-order valence-electron chi connectivity index (χ0n) is 8.83. The Hall–Kier alpha value is -1.49. The van der Waals surface area contributed by atoms with Crippen LogP contribution >= 0.6 is 0 Å². The summed E-state index contributed by atoms with van der Waals surface area (Å²) in [6.07, 6.45) is 0. The molecular formula is C11H18N2. The molecule has 2 heteroatoms. The van der Waals surface area contributed by atoms with E-state index in [1.54, 1.807) is 24.3 Å². The van der Waals surface area contributed by atoms with Crippen molar-refractivity contribution in [1.82, 2.24) is 0 Å². The van der Waals surface area contributed by atoms with Gasteiger partial charge in [-0.25, -0.2) is 0 Å². The summed E-state index contributed by atoms with van der Waals surface area (Å²) in [6, 6.07) is 8.96. The number of benzene rings is 1. The zero-order chi connectivity index (χ0) is 10.7. The third-order valence-electron chi connectivity index (χ3n) is 1.08. The van der Waals surface area contributed by atoms with Crippen LogP contribution in [0.4, 0.5) is 5.69 Å². The summed E-state index contributed by atoms with van der Waals surface area (Å²) in [7, 11) is 0. The van der Waals surface area contributed by atoms with Gasteiger partial charge in [0, 0.05) is 5.69 Å². The van der Waals surface area contributed by atoms with Crippen molar-refractivity contribution in [3.63, 3.8) is 0 Å². The molecule has 0 heterocycles. The van der Waals surface area contributed by atoms with Crippen LogP contribution in [0, 0.1) is 11.3 Å². The summed E-state index contributed by atoms with van der Waals surface area (Å²) >= 11 is 0. The first kappa shape index (κ1) is 14.1. The fraction of sp³-hybridized carbons (Fsp3) is 0.364. The molecule has 1 rings (SSSR count). The first-order valence-electron chi connectivity index (χ1n) is 4.59. The van der Waals surface area contributed by atoms with Gasteiger partial charge in [-0.05, 0) is 12.1 Å². The van der Waals surface area contributed by atoms with Gasteiger partial charge in [-0.3, -0.25) is 0 Å². The maximum atomic E-state index is 8.39. The number of nitriles is 1. The number of anilines is 1. The number of rotatable bonds is 0. The van der Waals surface area contributed by atoms with Gasteiger partial charge in [0.25, 0.3) is 0 Å². The summed E-state index contributed by atoms with van der Waals surface area (Å²) in [5.74, 6) is 0. The first-order chi connectivity index (χ1) is 6.34. The Balaban J connectivity index is 0. The number of nitrogen functional groups attached to an aromatic ring is 1. The highest BCUT2D eigenvalue weighted by Crippen LogP contribution is 2.06. The van der Waals surface area contributed by atoms with Crippen molar-refractivity contribution in [2.24, 2.45) is 0 Å². The molecule has 0 saturated heterocycles.